The van der Waals surface area contributed by atoms with Crippen molar-refractivity contribution >= 4 is 11.4 Å². The van der Waals surface area contributed by atoms with Crippen molar-refractivity contribution in [1.29, 1.82) is 5.26 Å². The zero-order chi connectivity index (χ0) is 15.2. The average molecular weight is 282 g/mol. The summed E-state index contributed by atoms with van der Waals surface area (Å²) in [5, 5.41) is 12.1. The Morgan fingerprint density at radius 3 is 2.86 bits per heavy atom. The van der Waals surface area contributed by atoms with Crippen LogP contribution in [0.25, 0.3) is 0 Å². The van der Waals surface area contributed by atoms with Crippen molar-refractivity contribution in [2.24, 2.45) is 0 Å². The lowest BCUT2D eigenvalue weighted by Crippen LogP contribution is -2.10. The molecule has 21 heavy (non-hydrogen) atoms. The number of pyridine rings is 1. The van der Waals surface area contributed by atoms with Crippen molar-refractivity contribution in [3.05, 3.63) is 47.7 Å². The number of rotatable bonds is 5. The zero-order valence-electron chi connectivity index (χ0n) is 12.1. The van der Waals surface area contributed by atoms with Gasteiger partial charge in [0.2, 0.25) is 5.88 Å². The Bertz CT molecular complexity index is 662. The van der Waals surface area contributed by atoms with Crippen LogP contribution < -0.4 is 15.8 Å². The maximum atomic E-state index is 8.86. The summed E-state index contributed by atoms with van der Waals surface area (Å²) in [6.45, 7) is 4.50. The van der Waals surface area contributed by atoms with Crippen LogP contribution in [0.3, 0.4) is 0 Å². The molecule has 0 spiro atoms. The topological polar surface area (TPSA) is 84.0 Å². The highest BCUT2D eigenvalue weighted by atomic mass is 16.5. The zero-order valence-corrected chi connectivity index (χ0v) is 12.1. The van der Waals surface area contributed by atoms with Gasteiger partial charge >= 0.3 is 0 Å². The number of nitrogen functional groups attached to an aromatic ring is 1. The lowest BCUT2D eigenvalue weighted by molar-refractivity contribution is 0.230. The van der Waals surface area contributed by atoms with Gasteiger partial charge in [-0.05, 0) is 38.1 Å². The fourth-order valence-corrected chi connectivity index (χ4v) is 1.86. The second-order valence-electron chi connectivity index (χ2n) is 4.90. The number of anilines is 2. The summed E-state index contributed by atoms with van der Waals surface area (Å²) in [5.74, 6) is 0.626. The van der Waals surface area contributed by atoms with Gasteiger partial charge < -0.3 is 15.8 Å². The maximum absolute atomic E-state index is 8.86. The van der Waals surface area contributed by atoms with E-state index in [4.69, 9.17) is 15.7 Å². The van der Waals surface area contributed by atoms with Gasteiger partial charge in [-0.3, -0.25) is 0 Å². The van der Waals surface area contributed by atoms with Gasteiger partial charge in [-0.2, -0.15) is 5.26 Å². The number of benzene rings is 1. The highest BCUT2D eigenvalue weighted by Gasteiger charge is 2.07. The Labute approximate surface area is 124 Å². The van der Waals surface area contributed by atoms with Gasteiger partial charge in [0.15, 0.2) is 0 Å². The number of nitriles is 1. The fourth-order valence-electron chi connectivity index (χ4n) is 1.86. The van der Waals surface area contributed by atoms with Crippen LogP contribution in [0.4, 0.5) is 11.4 Å². The minimum atomic E-state index is 0.0733. The molecule has 0 atom stereocenters. The molecule has 0 aliphatic rings. The molecule has 0 aliphatic heterocycles. The van der Waals surface area contributed by atoms with Gasteiger partial charge in [-0.1, -0.05) is 6.07 Å². The van der Waals surface area contributed by atoms with E-state index in [1.54, 1.807) is 18.3 Å². The third-order valence-corrected chi connectivity index (χ3v) is 2.85. The smallest absolute Gasteiger partial charge is 0.218 e. The summed E-state index contributed by atoms with van der Waals surface area (Å²) in [4.78, 5) is 4.25. The minimum absolute atomic E-state index is 0.0733. The van der Waals surface area contributed by atoms with Crippen molar-refractivity contribution < 1.29 is 4.74 Å². The second kappa shape index (κ2) is 6.62. The van der Waals surface area contributed by atoms with Gasteiger partial charge in [-0.15, -0.1) is 0 Å². The molecule has 3 N–H and O–H groups in total. The van der Waals surface area contributed by atoms with E-state index in [9.17, 15) is 0 Å². The molecule has 2 aromatic rings. The molecule has 0 fully saturated rings. The molecule has 1 aromatic carbocycles. The van der Waals surface area contributed by atoms with Crippen molar-refractivity contribution in [2.75, 3.05) is 11.1 Å². The van der Waals surface area contributed by atoms with E-state index >= 15 is 0 Å². The third kappa shape index (κ3) is 3.86. The first-order chi connectivity index (χ1) is 10.1. The Balaban J connectivity index is 2.10. The molecular weight excluding hydrogens is 264 g/mol. The van der Waals surface area contributed by atoms with E-state index in [2.05, 4.69) is 10.3 Å². The van der Waals surface area contributed by atoms with Gasteiger partial charge in [0.1, 0.15) is 6.07 Å². The van der Waals surface area contributed by atoms with Gasteiger partial charge in [0.25, 0.3) is 0 Å². The Morgan fingerprint density at radius 2 is 2.19 bits per heavy atom. The molecular formula is C16H18N4O. The molecule has 1 heterocycles. The normalized spacial score (nSPS) is 10.2. The molecule has 0 saturated heterocycles. The SMILES string of the molecule is CC(C)Oc1ncccc1CNc1ccc(C#N)c(N)c1. The van der Waals surface area contributed by atoms with Gasteiger partial charge in [0.05, 0.1) is 17.4 Å². The molecule has 0 radical (unpaired) electrons. The molecule has 0 amide bonds. The number of aromatic nitrogens is 1. The molecule has 0 saturated carbocycles. The first-order valence-corrected chi connectivity index (χ1v) is 6.74. The first-order valence-electron chi connectivity index (χ1n) is 6.74. The van der Waals surface area contributed by atoms with E-state index in [0.29, 0.717) is 23.7 Å². The lowest BCUT2D eigenvalue weighted by Gasteiger charge is -2.14. The quantitative estimate of drug-likeness (QED) is 0.824. The minimum Gasteiger partial charge on any atom is -0.475 e. The van der Waals surface area contributed by atoms with Crippen LogP contribution in [0.5, 0.6) is 5.88 Å². The largest absolute Gasteiger partial charge is 0.475 e. The standard InChI is InChI=1S/C16H18N4O/c1-11(2)21-16-13(4-3-7-19-16)10-20-14-6-5-12(9-17)15(18)8-14/h3-8,11,20H,10,18H2,1-2H3. The molecule has 5 heteroatoms. The van der Waals surface area contributed by atoms with Gasteiger partial charge in [-0.25, -0.2) is 4.98 Å². The van der Waals surface area contributed by atoms with E-state index in [1.165, 1.54) is 0 Å². The number of hydrogen-bond acceptors (Lipinski definition) is 5. The van der Waals surface area contributed by atoms with Crippen molar-refractivity contribution in [3.8, 4) is 11.9 Å². The van der Waals surface area contributed by atoms with Crippen LogP contribution in [0.15, 0.2) is 36.5 Å². The monoisotopic (exact) mass is 282 g/mol. The Morgan fingerprint density at radius 1 is 1.38 bits per heavy atom. The molecule has 108 valence electrons. The highest BCUT2D eigenvalue weighted by Crippen LogP contribution is 2.20. The fraction of sp³-hybridized carbons (Fsp3) is 0.250. The van der Waals surface area contributed by atoms with E-state index in [-0.39, 0.29) is 6.10 Å². The Kier molecular flexibility index (Phi) is 4.62. The predicted molar refractivity (Wildman–Crippen MR) is 82.9 cm³/mol. The lowest BCUT2D eigenvalue weighted by atomic mass is 10.1. The van der Waals surface area contributed by atoms with Crippen molar-refractivity contribution in [2.45, 2.75) is 26.5 Å². The summed E-state index contributed by atoms with van der Waals surface area (Å²) in [6, 6.07) is 11.2. The van der Waals surface area contributed by atoms with Crippen LogP contribution in [-0.4, -0.2) is 11.1 Å². The second-order valence-corrected chi connectivity index (χ2v) is 4.90. The number of nitrogens with zero attached hydrogens (tertiary/aromatic N) is 2. The first kappa shape index (κ1) is 14.7. The molecule has 0 unspecified atom stereocenters. The predicted octanol–water partition coefficient (Wildman–Crippen LogP) is 2.93. The maximum Gasteiger partial charge on any atom is 0.218 e. The van der Waals surface area contributed by atoms with Crippen LogP contribution in [-0.2, 0) is 6.54 Å². The van der Waals surface area contributed by atoms with Crippen molar-refractivity contribution in [3.63, 3.8) is 0 Å². The summed E-state index contributed by atoms with van der Waals surface area (Å²) >= 11 is 0. The Hall–Kier alpha value is -2.74. The van der Waals surface area contributed by atoms with E-state index < -0.39 is 0 Å². The number of ether oxygens (including phenoxy) is 1. The van der Waals surface area contributed by atoms with Crippen LogP contribution in [0.1, 0.15) is 25.0 Å². The molecule has 0 aliphatic carbocycles. The summed E-state index contributed by atoms with van der Waals surface area (Å²) in [7, 11) is 0. The van der Waals surface area contributed by atoms with Gasteiger partial charge in [0, 0.05) is 24.0 Å². The molecule has 1 aromatic heterocycles. The van der Waals surface area contributed by atoms with Crippen LogP contribution in [0, 0.1) is 11.3 Å². The number of nitrogens with two attached hydrogens (primary N) is 1. The van der Waals surface area contributed by atoms with Crippen LogP contribution >= 0.6 is 0 Å². The third-order valence-electron chi connectivity index (χ3n) is 2.85. The summed E-state index contributed by atoms with van der Waals surface area (Å²) < 4.78 is 5.68. The highest BCUT2D eigenvalue weighted by molar-refractivity contribution is 5.62. The van der Waals surface area contributed by atoms with Crippen molar-refractivity contribution in [1.82, 2.24) is 4.98 Å². The molecule has 0 bridgehead atoms. The summed E-state index contributed by atoms with van der Waals surface area (Å²) in [5.41, 5.74) is 8.56. The molecule has 5 nitrogen and oxygen atoms in total. The van der Waals surface area contributed by atoms with E-state index in [0.717, 1.165) is 11.3 Å². The van der Waals surface area contributed by atoms with E-state index in [1.807, 2.05) is 38.1 Å². The average Bonchev–Trinajstić information content (AvgIpc) is 2.46. The number of hydrogen-bond donors (Lipinski definition) is 2. The molecule has 2 rings (SSSR count). The number of nitrogens with one attached hydrogen (secondary N) is 1. The van der Waals surface area contributed by atoms with Crippen LogP contribution in [0.2, 0.25) is 0 Å². The summed E-state index contributed by atoms with van der Waals surface area (Å²) in [6.07, 6.45) is 1.78.